The molecule has 0 bridgehead atoms. The van der Waals surface area contributed by atoms with Crippen LogP contribution in [0.3, 0.4) is 0 Å². The summed E-state index contributed by atoms with van der Waals surface area (Å²) in [5.41, 5.74) is 1.04. The van der Waals surface area contributed by atoms with Crippen LogP contribution in [0.5, 0.6) is 0 Å². The molecule has 0 aliphatic heterocycles. The van der Waals surface area contributed by atoms with E-state index >= 15 is 0 Å². The Labute approximate surface area is 109 Å². The first-order chi connectivity index (χ1) is 7.63. The largest absolute Gasteiger partial charge is 0.428 e. The summed E-state index contributed by atoms with van der Waals surface area (Å²) in [6.07, 6.45) is 1.64. The molecule has 1 radical (unpaired) electrons. The van der Waals surface area contributed by atoms with Gasteiger partial charge >= 0.3 is 7.48 Å². The van der Waals surface area contributed by atoms with Gasteiger partial charge in [0, 0.05) is 16.5 Å². The van der Waals surface area contributed by atoms with Crippen molar-refractivity contribution in [3.05, 3.63) is 28.2 Å². The minimum absolute atomic E-state index is 0.0732. The Hall–Kier alpha value is -0.675. The van der Waals surface area contributed by atoms with Gasteiger partial charge in [0.1, 0.15) is 0 Å². The van der Waals surface area contributed by atoms with Crippen molar-refractivity contribution in [2.45, 2.75) is 45.0 Å². The van der Waals surface area contributed by atoms with E-state index < -0.39 is 5.60 Å². The van der Waals surface area contributed by atoms with Crippen molar-refractivity contribution in [2.75, 3.05) is 0 Å². The zero-order valence-corrected chi connectivity index (χ0v) is 11.9. The predicted octanol–water partition coefficient (Wildman–Crippen LogP) is 1.43. The Morgan fingerprint density at radius 3 is 2.41 bits per heavy atom. The van der Waals surface area contributed by atoms with Gasteiger partial charge in [0.05, 0.1) is 5.60 Å². The average molecular weight is 252 g/mol. The van der Waals surface area contributed by atoms with E-state index in [1.807, 2.05) is 27.7 Å². The normalized spacial score (nSPS) is 12.6. The molecule has 0 aliphatic rings. The number of pyridine rings is 1. The molecule has 0 unspecified atom stereocenters. The molecule has 0 aromatic carbocycles. The molecule has 1 N–H and O–H groups in total. The third kappa shape index (κ3) is 3.64. The number of rotatable bonds is 4. The number of aryl methyl sites for hydroxylation is 1. The molecule has 0 atom stereocenters. The number of thiol groups is 1. The van der Waals surface area contributed by atoms with Gasteiger partial charge in [-0.25, -0.2) is 0 Å². The Morgan fingerprint density at radius 1 is 1.35 bits per heavy atom. The van der Waals surface area contributed by atoms with Crippen molar-refractivity contribution < 1.29 is 4.65 Å². The van der Waals surface area contributed by atoms with Crippen molar-refractivity contribution >= 4 is 25.6 Å². The molecule has 1 rings (SSSR count). The first kappa shape index (κ1) is 14.4. The Balaban J connectivity index is 2.74. The van der Waals surface area contributed by atoms with Crippen molar-refractivity contribution in [1.82, 2.24) is 4.98 Å². The maximum Gasteiger partial charge on any atom is 0.332 e. The third-order valence-corrected chi connectivity index (χ3v) is 3.61. The highest BCUT2D eigenvalue weighted by Crippen LogP contribution is 2.30. The first-order valence-electron chi connectivity index (χ1n) is 5.56. The molecule has 1 aromatic heterocycles. The highest BCUT2D eigenvalue weighted by molar-refractivity contribution is 7.81. The van der Waals surface area contributed by atoms with E-state index in [-0.39, 0.29) is 10.3 Å². The summed E-state index contributed by atoms with van der Waals surface area (Å²) in [7, 11) is 1.65. The first-order valence-corrected chi connectivity index (χ1v) is 6.01. The fraction of sp³-hybridized carbons (Fsp3) is 0.583. The van der Waals surface area contributed by atoms with Gasteiger partial charge in [-0.15, -0.1) is 0 Å². The van der Waals surface area contributed by atoms with Gasteiger partial charge < -0.3 is 9.64 Å². The maximum absolute atomic E-state index is 11.2. The molecule has 93 valence electrons. The second kappa shape index (κ2) is 4.90. The van der Waals surface area contributed by atoms with Crippen LogP contribution in [0.25, 0.3) is 0 Å². The molecule has 3 nitrogen and oxygen atoms in total. The highest BCUT2D eigenvalue weighted by Gasteiger charge is 2.34. The van der Waals surface area contributed by atoms with Gasteiger partial charge in [-0.2, -0.15) is 12.6 Å². The smallest absolute Gasteiger partial charge is 0.332 e. The van der Waals surface area contributed by atoms with Crippen LogP contribution in [0.15, 0.2) is 17.1 Å². The molecule has 0 spiro atoms. The van der Waals surface area contributed by atoms with Crippen LogP contribution in [0, 0.1) is 6.92 Å². The molecule has 0 saturated carbocycles. The monoisotopic (exact) mass is 252 g/mol. The topological polar surface area (TPSA) is 42.1 Å². The van der Waals surface area contributed by atoms with Gasteiger partial charge in [0.2, 0.25) is 0 Å². The fourth-order valence-corrected chi connectivity index (χ4v) is 1.10. The number of hydrogen-bond acceptors (Lipinski definition) is 3. The summed E-state index contributed by atoms with van der Waals surface area (Å²) in [5.74, 6) is 0. The van der Waals surface area contributed by atoms with E-state index in [0.29, 0.717) is 5.56 Å². The van der Waals surface area contributed by atoms with Gasteiger partial charge in [0.25, 0.3) is 5.56 Å². The van der Waals surface area contributed by atoms with Gasteiger partial charge in [-0.05, 0) is 40.1 Å². The minimum atomic E-state index is -0.403. The number of H-pyrrole nitrogens is 1. The van der Waals surface area contributed by atoms with Gasteiger partial charge in [0.15, 0.2) is 0 Å². The number of aromatic nitrogens is 1. The van der Waals surface area contributed by atoms with Crippen LogP contribution in [0.1, 0.15) is 33.3 Å². The van der Waals surface area contributed by atoms with E-state index in [0.717, 1.165) is 5.46 Å². The fourth-order valence-electron chi connectivity index (χ4n) is 1.05. The molecule has 1 aromatic rings. The summed E-state index contributed by atoms with van der Waals surface area (Å²) in [5, 5.41) is 0. The lowest BCUT2D eigenvalue weighted by Crippen LogP contribution is -2.46. The Kier molecular flexibility index (Phi) is 4.15. The van der Waals surface area contributed by atoms with Crippen molar-refractivity contribution in [2.24, 2.45) is 0 Å². The van der Waals surface area contributed by atoms with Crippen molar-refractivity contribution in [1.29, 1.82) is 0 Å². The van der Waals surface area contributed by atoms with Gasteiger partial charge in [-0.1, -0.05) is 6.07 Å². The predicted molar refractivity (Wildman–Crippen MR) is 75.4 cm³/mol. The van der Waals surface area contributed by atoms with Crippen LogP contribution >= 0.6 is 12.6 Å². The van der Waals surface area contributed by atoms with Crippen LogP contribution in [-0.4, -0.2) is 22.8 Å². The maximum atomic E-state index is 11.2. The van der Waals surface area contributed by atoms with Crippen LogP contribution < -0.4 is 11.0 Å². The lowest BCUT2D eigenvalue weighted by atomic mass is 9.84. The number of nitrogens with one attached hydrogen (secondary N) is 1. The third-order valence-electron chi connectivity index (χ3n) is 3.07. The zero-order chi connectivity index (χ0) is 13.3. The van der Waals surface area contributed by atoms with Crippen LogP contribution in [0.4, 0.5) is 0 Å². The Morgan fingerprint density at radius 2 is 1.94 bits per heavy atom. The SMILES string of the molecule is Cc1cc([B]OC(C)(C)C(C)(C)S)c[nH]c1=O. The quantitative estimate of drug-likeness (QED) is 0.628. The van der Waals surface area contributed by atoms with E-state index in [1.165, 1.54) is 0 Å². The van der Waals surface area contributed by atoms with E-state index in [1.54, 1.807) is 26.7 Å². The van der Waals surface area contributed by atoms with E-state index in [4.69, 9.17) is 4.65 Å². The molecule has 0 amide bonds. The average Bonchev–Trinajstić information content (AvgIpc) is 2.18. The van der Waals surface area contributed by atoms with Crippen LogP contribution in [0.2, 0.25) is 0 Å². The molecule has 1 heterocycles. The highest BCUT2D eigenvalue weighted by atomic mass is 32.1. The molecule has 5 heteroatoms. The second-order valence-electron chi connectivity index (χ2n) is 5.25. The molecular formula is C12H19BNO2S. The lowest BCUT2D eigenvalue weighted by Gasteiger charge is -2.38. The van der Waals surface area contributed by atoms with E-state index in [9.17, 15) is 4.79 Å². The van der Waals surface area contributed by atoms with Gasteiger partial charge in [-0.3, -0.25) is 4.79 Å². The molecular weight excluding hydrogens is 233 g/mol. The summed E-state index contributed by atoms with van der Waals surface area (Å²) < 4.78 is 5.49. The van der Waals surface area contributed by atoms with Crippen molar-refractivity contribution in [3.8, 4) is 0 Å². The second-order valence-corrected chi connectivity index (χ2v) is 6.37. The number of aromatic amines is 1. The minimum Gasteiger partial charge on any atom is -0.428 e. The summed E-state index contributed by atoms with van der Waals surface area (Å²) in [4.78, 5) is 13.9. The number of hydrogen-bond donors (Lipinski definition) is 2. The zero-order valence-electron chi connectivity index (χ0n) is 11.0. The lowest BCUT2D eigenvalue weighted by molar-refractivity contribution is 0.0854. The molecule has 0 aliphatic carbocycles. The Bertz CT molecular complexity index is 449. The van der Waals surface area contributed by atoms with E-state index in [2.05, 4.69) is 17.6 Å². The standard InChI is InChI=1S/C12H19BNO2S/c1-8-6-9(7-14-10(8)15)13-16-11(2,3)12(4,5)17/h6-7,17H,1-5H3,(H,14,15). The van der Waals surface area contributed by atoms with Crippen molar-refractivity contribution in [3.63, 3.8) is 0 Å². The molecule has 0 saturated heterocycles. The summed E-state index contributed by atoms with van der Waals surface area (Å²) in [6.45, 7) is 9.73. The molecule has 17 heavy (non-hydrogen) atoms. The summed E-state index contributed by atoms with van der Waals surface area (Å²) in [6, 6.07) is 1.79. The van der Waals surface area contributed by atoms with Crippen LogP contribution in [-0.2, 0) is 4.65 Å². The summed E-state index contributed by atoms with van der Waals surface area (Å²) >= 11 is 4.52. The molecule has 0 fully saturated rings.